The van der Waals surface area contributed by atoms with Crippen molar-refractivity contribution in [1.29, 1.82) is 0 Å². The number of nitrogen functional groups attached to an aromatic ring is 1. The maximum atomic E-state index is 11.2. The Morgan fingerprint density at radius 1 is 1.50 bits per heavy atom. The summed E-state index contributed by atoms with van der Waals surface area (Å²) in [6, 6.07) is -0.780. The van der Waals surface area contributed by atoms with Gasteiger partial charge in [-0.3, -0.25) is 14.9 Å². The molecule has 1 aromatic rings. The molecule has 0 aliphatic carbocycles. The molecule has 0 fully saturated rings. The Morgan fingerprint density at radius 3 is 2.56 bits per heavy atom. The standard InChI is InChI=1S/C9H14N6O3/c1-4(2)5(8(11)16)14-9-6(15(17)18)7(10)12-3-13-9/h3-5H,1-2H3,(H2,11,16)(H3,10,12,13,14). The van der Waals surface area contributed by atoms with Gasteiger partial charge in [0.1, 0.15) is 12.4 Å². The van der Waals surface area contributed by atoms with E-state index in [-0.39, 0.29) is 17.6 Å². The lowest BCUT2D eigenvalue weighted by Crippen LogP contribution is -2.40. The van der Waals surface area contributed by atoms with Gasteiger partial charge in [-0.05, 0) is 5.92 Å². The van der Waals surface area contributed by atoms with Crippen LogP contribution in [0.2, 0.25) is 0 Å². The highest BCUT2D eigenvalue weighted by Gasteiger charge is 2.26. The van der Waals surface area contributed by atoms with Gasteiger partial charge in [0.25, 0.3) is 0 Å². The molecule has 0 saturated heterocycles. The Morgan fingerprint density at radius 2 is 2.11 bits per heavy atom. The van der Waals surface area contributed by atoms with E-state index in [4.69, 9.17) is 11.5 Å². The minimum atomic E-state index is -0.780. The van der Waals surface area contributed by atoms with Gasteiger partial charge in [0.2, 0.25) is 17.5 Å². The molecule has 1 aromatic heterocycles. The van der Waals surface area contributed by atoms with E-state index in [1.165, 1.54) is 0 Å². The highest BCUT2D eigenvalue weighted by atomic mass is 16.6. The Labute approximate surface area is 103 Å². The first kappa shape index (κ1) is 13.6. The average molecular weight is 254 g/mol. The molecular weight excluding hydrogens is 240 g/mol. The van der Waals surface area contributed by atoms with Crippen LogP contribution in [0.15, 0.2) is 6.33 Å². The summed E-state index contributed by atoms with van der Waals surface area (Å²) < 4.78 is 0. The van der Waals surface area contributed by atoms with Crippen molar-refractivity contribution in [3.05, 3.63) is 16.4 Å². The van der Waals surface area contributed by atoms with E-state index < -0.39 is 22.6 Å². The van der Waals surface area contributed by atoms with Crippen LogP contribution in [0.1, 0.15) is 13.8 Å². The molecule has 98 valence electrons. The van der Waals surface area contributed by atoms with E-state index in [2.05, 4.69) is 15.3 Å². The molecule has 5 N–H and O–H groups in total. The molecule has 0 aliphatic heterocycles. The number of amides is 1. The van der Waals surface area contributed by atoms with Crippen LogP contribution in [0, 0.1) is 16.0 Å². The molecule has 1 rings (SSSR count). The van der Waals surface area contributed by atoms with Gasteiger partial charge in [0.15, 0.2) is 0 Å². The third-order valence-electron chi connectivity index (χ3n) is 2.30. The molecule has 0 spiro atoms. The second-order valence-electron chi connectivity index (χ2n) is 3.98. The quantitative estimate of drug-likeness (QED) is 0.489. The van der Waals surface area contributed by atoms with Gasteiger partial charge in [-0.1, -0.05) is 13.8 Å². The van der Waals surface area contributed by atoms with E-state index in [0.29, 0.717) is 0 Å². The average Bonchev–Trinajstić information content (AvgIpc) is 2.24. The molecule has 0 radical (unpaired) electrons. The van der Waals surface area contributed by atoms with Crippen molar-refractivity contribution >= 4 is 23.2 Å². The summed E-state index contributed by atoms with van der Waals surface area (Å²) in [6.07, 6.45) is 1.07. The largest absolute Gasteiger partial charge is 0.378 e. The third-order valence-corrected chi connectivity index (χ3v) is 2.30. The molecular formula is C9H14N6O3. The summed E-state index contributed by atoms with van der Waals surface area (Å²) in [5.74, 6) is -1.18. The van der Waals surface area contributed by atoms with Crippen LogP contribution >= 0.6 is 0 Å². The molecule has 9 nitrogen and oxygen atoms in total. The van der Waals surface area contributed by atoms with Crippen LogP contribution in [0.3, 0.4) is 0 Å². The molecule has 0 aliphatic rings. The first-order valence-corrected chi connectivity index (χ1v) is 5.15. The van der Waals surface area contributed by atoms with Crippen molar-refractivity contribution in [1.82, 2.24) is 9.97 Å². The summed E-state index contributed by atoms with van der Waals surface area (Å²) in [7, 11) is 0. The van der Waals surface area contributed by atoms with Crippen LogP contribution < -0.4 is 16.8 Å². The molecule has 0 bridgehead atoms. The van der Waals surface area contributed by atoms with Crippen molar-refractivity contribution in [2.45, 2.75) is 19.9 Å². The number of hydrogen-bond donors (Lipinski definition) is 3. The van der Waals surface area contributed by atoms with Crippen LogP contribution in [-0.2, 0) is 4.79 Å². The fraction of sp³-hybridized carbons (Fsp3) is 0.444. The summed E-state index contributed by atoms with van der Waals surface area (Å²) in [4.78, 5) is 28.6. The molecule has 0 aromatic carbocycles. The molecule has 1 atom stereocenters. The van der Waals surface area contributed by atoms with E-state index in [9.17, 15) is 14.9 Å². The van der Waals surface area contributed by atoms with Crippen LogP contribution in [0.25, 0.3) is 0 Å². The maximum absolute atomic E-state index is 11.2. The molecule has 1 amide bonds. The van der Waals surface area contributed by atoms with Crippen molar-refractivity contribution in [2.75, 3.05) is 11.1 Å². The van der Waals surface area contributed by atoms with Gasteiger partial charge in [-0.2, -0.15) is 0 Å². The lowest BCUT2D eigenvalue weighted by Gasteiger charge is -2.19. The zero-order valence-electron chi connectivity index (χ0n) is 9.95. The van der Waals surface area contributed by atoms with E-state index >= 15 is 0 Å². The predicted molar refractivity (Wildman–Crippen MR) is 64.5 cm³/mol. The fourth-order valence-electron chi connectivity index (χ4n) is 1.39. The number of primary amides is 1. The number of anilines is 2. The second kappa shape index (κ2) is 5.25. The second-order valence-corrected chi connectivity index (χ2v) is 3.98. The van der Waals surface area contributed by atoms with Gasteiger partial charge in [0.05, 0.1) is 4.92 Å². The first-order valence-electron chi connectivity index (χ1n) is 5.15. The van der Waals surface area contributed by atoms with E-state index in [1.807, 2.05) is 0 Å². The van der Waals surface area contributed by atoms with Crippen molar-refractivity contribution in [3.63, 3.8) is 0 Å². The van der Waals surface area contributed by atoms with Crippen molar-refractivity contribution in [3.8, 4) is 0 Å². The summed E-state index contributed by atoms with van der Waals surface area (Å²) >= 11 is 0. The Kier molecular flexibility index (Phi) is 3.97. The molecule has 9 heteroatoms. The smallest absolute Gasteiger partial charge is 0.353 e. The van der Waals surface area contributed by atoms with Crippen LogP contribution in [0.4, 0.5) is 17.3 Å². The monoisotopic (exact) mass is 254 g/mol. The van der Waals surface area contributed by atoms with Gasteiger partial charge >= 0.3 is 5.69 Å². The molecule has 18 heavy (non-hydrogen) atoms. The van der Waals surface area contributed by atoms with Crippen molar-refractivity contribution < 1.29 is 9.72 Å². The molecule has 0 saturated carbocycles. The third kappa shape index (κ3) is 2.81. The predicted octanol–water partition coefficient (Wildman–Crippen LogP) is -0.111. The van der Waals surface area contributed by atoms with Gasteiger partial charge < -0.3 is 16.8 Å². The Hall–Kier alpha value is -2.45. The summed E-state index contributed by atoms with van der Waals surface area (Å²) in [5, 5.41) is 13.5. The number of hydrogen-bond acceptors (Lipinski definition) is 7. The topological polar surface area (TPSA) is 150 Å². The first-order chi connectivity index (χ1) is 8.34. The molecule has 1 unspecified atom stereocenters. The lowest BCUT2D eigenvalue weighted by molar-refractivity contribution is -0.383. The number of nitrogens with one attached hydrogen (secondary N) is 1. The van der Waals surface area contributed by atoms with Crippen molar-refractivity contribution in [2.24, 2.45) is 11.7 Å². The molecule has 1 heterocycles. The number of aromatic nitrogens is 2. The van der Waals surface area contributed by atoms with Crippen LogP contribution in [0.5, 0.6) is 0 Å². The highest BCUT2D eigenvalue weighted by Crippen LogP contribution is 2.27. The SMILES string of the molecule is CC(C)C(Nc1ncnc(N)c1[N+](=O)[O-])C(N)=O. The van der Waals surface area contributed by atoms with Gasteiger partial charge in [-0.15, -0.1) is 0 Å². The minimum absolute atomic E-state index is 0.120. The Bertz CT molecular complexity index is 475. The number of nitrogens with two attached hydrogens (primary N) is 2. The number of nitro groups is 1. The summed E-state index contributed by atoms with van der Waals surface area (Å²) in [6.45, 7) is 3.50. The normalized spacial score (nSPS) is 12.2. The van der Waals surface area contributed by atoms with Crippen LogP contribution in [-0.4, -0.2) is 26.8 Å². The number of carbonyl (C=O) groups excluding carboxylic acids is 1. The Balaban J connectivity index is 3.14. The van der Waals surface area contributed by atoms with Gasteiger partial charge in [-0.25, -0.2) is 9.97 Å². The summed E-state index contributed by atoms with van der Waals surface area (Å²) in [5.41, 5.74) is 10.1. The lowest BCUT2D eigenvalue weighted by atomic mass is 10.0. The zero-order chi connectivity index (χ0) is 13.9. The van der Waals surface area contributed by atoms with Gasteiger partial charge in [0, 0.05) is 0 Å². The number of nitrogens with zero attached hydrogens (tertiary/aromatic N) is 3. The van der Waals surface area contributed by atoms with E-state index in [1.54, 1.807) is 13.8 Å². The number of rotatable bonds is 5. The maximum Gasteiger partial charge on any atom is 0.353 e. The fourth-order valence-corrected chi connectivity index (χ4v) is 1.39. The number of carbonyl (C=O) groups is 1. The highest BCUT2D eigenvalue weighted by molar-refractivity contribution is 5.84. The minimum Gasteiger partial charge on any atom is -0.378 e. The zero-order valence-corrected chi connectivity index (χ0v) is 9.95. The van der Waals surface area contributed by atoms with E-state index in [0.717, 1.165) is 6.33 Å².